The number of anilines is 1. The van der Waals surface area contributed by atoms with E-state index in [4.69, 9.17) is 0 Å². The van der Waals surface area contributed by atoms with Gasteiger partial charge in [0.05, 0.1) is 0 Å². The van der Waals surface area contributed by atoms with Crippen LogP contribution >= 0.6 is 0 Å². The highest BCUT2D eigenvalue weighted by molar-refractivity contribution is 5.95. The van der Waals surface area contributed by atoms with E-state index in [1.54, 1.807) is 0 Å². The van der Waals surface area contributed by atoms with Crippen LogP contribution in [0.3, 0.4) is 0 Å². The number of benzene rings is 2. The Bertz CT molecular complexity index is 765. The molecule has 0 aromatic heterocycles. The van der Waals surface area contributed by atoms with Gasteiger partial charge in [0.1, 0.15) is 0 Å². The fourth-order valence-corrected chi connectivity index (χ4v) is 4.05. The Balaban J connectivity index is 1.74. The topological polar surface area (TPSA) is 26.8 Å². The van der Waals surface area contributed by atoms with Crippen molar-refractivity contribution in [1.29, 1.82) is 0 Å². The van der Waals surface area contributed by atoms with Gasteiger partial charge < -0.3 is 9.80 Å². The molecule has 144 valence electrons. The second kappa shape index (κ2) is 8.57. The van der Waals surface area contributed by atoms with Crippen molar-refractivity contribution in [2.75, 3.05) is 45.2 Å². The minimum Gasteiger partial charge on any atom is -0.377 e. The lowest BCUT2D eigenvalue weighted by atomic mass is 10.0. The van der Waals surface area contributed by atoms with E-state index in [1.165, 1.54) is 11.3 Å². The average Bonchev–Trinajstić information content (AvgIpc) is 3.18. The van der Waals surface area contributed by atoms with Crippen molar-refractivity contribution in [3.63, 3.8) is 0 Å². The molecule has 0 radical (unpaired) electrons. The second-order valence-electron chi connectivity index (χ2n) is 7.40. The summed E-state index contributed by atoms with van der Waals surface area (Å²) in [4.78, 5) is 19.5. The number of likely N-dealkylation sites (tertiary alicyclic amines) is 1. The van der Waals surface area contributed by atoms with Gasteiger partial charge in [0.15, 0.2) is 0 Å². The minimum atomic E-state index is 0.150. The van der Waals surface area contributed by atoms with Gasteiger partial charge in [0, 0.05) is 50.0 Å². The van der Waals surface area contributed by atoms with E-state index in [-0.39, 0.29) is 5.91 Å². The van der Waals surface area contributed by atoms with Crippen LogP contribution in [-0.4, -0.2) is 62.0 Å². The Hall–Kier alpha value is -2.33. The van der Waals surface area contributed by atoms with Crippen LogP contribution in [0.5, 0.6) is 0 Å². The first-order valence-electron chi connectivity index (χ1n) is 9.95. The number of amides is 1. The highest BCUT2D eigenvalue weighted by atomic mass is 16.2. The quantitative estimate of drug-likeness (QED) is 0.775. The molecule has 0 spiro atoms. The van der Waals surface area contributed by atoms with E-state index in [1.807, 2.05) is 17.0 Å². The van der Waals surface area contributed by atoms with Crippen LogP contribution in [0, 0.1) is 0 Å². The van der Waals surface area contributed by atoms with E-state index in [0.717, 1.165) is 43.7 Å². The summed E-state index contributed by atoms with van der Waals surface area (Å²) in [7, 11) is 4.10. The second-order valence-corrected chi connectivity index (χ2v) is 7.40. The lowest BCUT2D eigenvalue weighted by Gasteiger charge is -2.26. The molecule has 4 heteroatoms. The predicted octanol–water partition coefficient (Wildman–Crippen LogP) is 3.98. The van der Waals surface area contributed by atoms with Crippen LogP contribution in [0.1, 0.15) is 30.6 Å². The molecular weight excluding hydrogens is 334 g/mol. The van der Waals surface area contributed by atoms with Crippen LogP contribution in [0.25, 0.3) is 11.1 Å². The maximum Gasteiger partial charge on any atom is 0.253 e. The van der Waals surface area contributed by atoms with Crippen molar-refractivity contribution in [2.45, 2.75) is 26.3 Å². The lowest BCUT2D eigenvalue weighted by Crippen LogP contribution is -2.38. The molecule has 4 nitrogen and oxygen atoms in total. The molecule has 0 saturated carbocycles. The van der Waals surface area contributed by atoms with Crippen LogP contribution < -0.4 is 4.90 Å². The molecule has 3 rings (SSSR count). The van der Waals surface area contributed by atoms with Crippen molar-refractivity contribution in [2.24, 2.45) is 0 Å². The molecule has 1 atom stereocenters. The summed E-state index contributed by atoms with van der Waals surface area (Å²) in [5.74, 6) is 0.150. The Morgan fingerprint density at radius 2 is 1.70 bits per heavy atom. The third-order valence-electron chi connectivity index (χ3n) is 5.61. The van der Waals surface area contributed by atoms with Gasteiger partial charge in [-0.3, -0.25) is 9.69 Å². The van der Waals surface area contributed by atoms with Crippen LogP contribution in [-0.2, 0) is 0 Å². The fourth-order valence-electron chi connectivity index (χ4n) is 4.05. The number of carbonyl (C=O) groups is 1. The summed E-state index contributed by atoms with van der Waals surface area (Å²) >= 11 is 0. The number of hydrogen-bond donors (Lipinski definition) is 0. The van der Waals surface area contributed by atoms with Crippen LogP contribution in [0.15, 0.2) is 48.5 Å². The fraction of sp³-hybridized carbons (Fsp3) is 0.435. The molecule has 0 N–H and O–H groups in total. The van der Waals surface area contributed by atoms with Crippen molar-refractivity contribution in [1.82, 2.24) is 9.80 Å². The van der Waals surface area contributed by atoms with Gasteiger partial charge in [-0.25, -0.2) is 0 Å². The van der Waals surface area contributed by atoms with Gasteiger partial charge >= 0.3 is 0 Å². The highest BCUT2D eigenvalue weighted by Crippen LogP contribution is 2.30. The highest BCUT2D eigenvalue weighted by Gasteiger charge is 2.29. The summed E-state index contributed by atoms with van der Waals surface area (Å²) in [6, 6.07) is 16.9. The van der Waals surface area contributed by atoms with E-state index < -0.39 is 0 Å². The first kappa shape index (κ1) is 19.4. The first-order valence-corrected chi connectivity index (χ1v) is 9.95. The largest absolute Gasteiger partial charge is 0.377 e. The maximum absolute atomic E-state index is 12.9. The first-order chi connectivity index (χ1) is 13.0. The Morgan fingerprint density at radius 3 is 2.33 bits per heavy atom. The molecular formula is C23H31N3O. The lowest BCUT2D eigenvalue weighted by molar-refractivity contribution is 0.0778. The number of hydrogen-bond acceptors (Lipinski definition) is 3. The van der Waals surface area contributed by atoms with Gasteiger partial charge in [-0.2, -0.15) is 0 Å². The molecule has 1 aliphatic heterocycles. The zero-order valence-corrected chi connectivity index (χ0v) is 17.0. The summed E-state index contributed by atoms with van der Waals surface area (Å²) < 4.78 is 0. The summed E-state index contributed by atoms with van der Waals surface area (Å²) in [6.45, 7) is 8.17. The molecule has 1 aliphatic rings. The molecule has 1 heterocycles. The molecule has 0 unspecified atom stereocenters. The third-order valence-corrected chi connectivity index (χ3v) is 5.61. The summed E-state index contributed by atoms with van der Waals surface area (Å²) in [6.07, 6.45) is 1.07. The van der Waals surface area contributed by atoms with Crippen molar-refractivity contribution >= 4 is 11.6 Å². The minimum absolute atomic E-state index is 0.150. The van der Waals surface area contributed by atoms with Gasteiger partial charge in [-0.1, -0.05) is 44.2 Å². The van der Waals surface area contributed by atoms with E-state index >= 15 is 0 Å². The van der Waals surface area contributed by atoms with Gasteiger partial charge in [0.2, 0.25) is 0 Å². The molecule has 1 amide bonds. The normalized spacial score (nSPS) is 16.8. The van der Waals surface area contributed by atoms with Crippen molar-refractivity contribution in [3.05, 3.63) is 54.1 Å². The average molecular weight is 366 g/mol. The molecule has 1 saturated heterocycles. The molecule has 1 fully saturated rings. The van der Waals surface area contributed by atoms with E-state index in [9.17, 15) is 4.79 Å². The Kier molecular flexibility index (Phi) is 6.17. The van der Waals surface area contributed by atoms with Gasteiger partial charge in [0.25, 0.3) is 5.91 Å². The van der Waals surface area contributed by atoms with Crippen LogP contribution in [0.2, 0.25) is 0 Å². The SMILES string of the molecule is CCN(CC)[C@@H]1CCN(C(=O)c2ccc(-c3ccccc3N(C)C)cc2)C1. The number of rotatable bonds is 6. The number of nitrogens with zero attached hydrogens (tertiary/aromatic N) is 3. The third kappa shape index (κ3) is 4.16. The summed E-state index contributed by atoms with van der Waals surface area (Å²) in [5.41, 5.74) is 4.28. The molecule has 0 bridgehead atoms. The number of likely N-dealkylation sites (N-methyl/N-ethyl adjacent to an activating group) is 1. The predicted molar refractivity (Wildman–Crippen MR) is 113 cm³/mol. The summed E-state index contributed by atoms with van der Waals surface area (Å²) in [5, 5.41) is 0. The van der Waals surface area contributed by atoms with Gasteiger partial charge in [-0.05, 0) is 43.3 Å². The van der Waals surface area contributed by atoms with E-state index in [2.05, 4.69) is 74.1 Å². The molecule has 0 aliphatic carbocycles. The molecule has 27 heavy (non-hydrogen) atoms. The smallest absolute Gasteiger partial charge is 0.253 e. The Morgan fingerprint density at radius 1 is 1.04 bits per heavy atom. The standard InChI is InChI=1S/C23H31N3O/c1-5-25(6-2)20-15-16-26(17-20)23(27)19-13-11-18(12-14-19)21-9-7-8-10-22(21)24(3)4/h7-14,20H,5-6,15-17H2,1-4H3/t20-/m1/s1. The maximum atomic E-state index is 12.9. The van der Waals surface area contributed by atoms with Crippen molar-refractivity contribution in [3.8, 4) is 11.1 Å². The zero-order valence-electron chi connectivity index (χ0n) is 17.0. The number of para-hydroxylation sites is 1. The number of carbonyl (C=O) groups excluding carboxylic acids is 1. The molecule has 2 aromatic rings. The van der Waals surface area contributed by atoms with Crippen molar-refractivity contribution < 1.29 is 4.79 Å². The molecule has 2 aromatic carbocycles. The zero-order chi connectivity index (χ0) is 19.4. The monoisotopic (exact) mass is 365 g/mol. The van der Waals surface area contributed by atoms with E-state index in [0.29, 0.717) is 6.04 Å². The van der Waals surface area contributed by atoms with Gasteiger partial charge in [-0.15, -0.1) is 0 Å². The Labute approximate surface area is 163 Å². The van der Waals surface area contributed by atoms with Crippen LogP contribution in [0.4, 0.5) is 5.69 Å².